The Morgan fingerprint density at radius 2 is 1.86 bits per heavy atom. The largest absolute Gasteiger partial charge is 1.00 e. The Hall–Kier alpha value is -1.66. The summed E-state index contributed by atoms with van der Waals surface area (Å²) in [6.07, 6.45) is 0.307. The first-order valence-corrected chi connectivity index (χ1v) is 13.8. The molecule has 1 saturated heterocycles. The van der Waals surface area contributed by atoms with Crippen molar-refractivity contribution < 1.29 is 98.5 Å². The van der Waals surface area contributed by atoms with E-state index in [4.69, 9.17) is 27.9 Å². The van der Waals surface area contributed by atoms with Gasteiger partial charge in [-0.3, -0.25) is 4.79 Å². The van der Waals surface area contributed by atoms with Gasteiger partial charge in [0.1, 0.15) is 22.8 Å². The van der Waals surface area contributed by atoms with E-state index >= 15 is 8.78 Å². The van der Waals surface area contributed by atoms with Crippen LogP contribution in [0.3, 0.4) is 0 Å². The Morgan fingerprint density at radius 3 is 2.44 bits per heavy atom. The number of carboxylic acid groups (broad SMARTS) is 1. The van der Waals surface area contributed by atoms with Crippen LogP contribution in [0.25, 0.3) is 0 Å². The van der Waals surface area contributed by atoms with Gasteiger partial charge in [0, 0.05) is 22.5 Å². The van der Waals surface area contributed by atoms with Gasteiger partial charge in [0.2, 0.25) is 5.91 Å². The Morgan fingerprint density at radius 1 is 1.16 bits per heavy atom. The van der Waals surface area contributed by atoms with Crippen LogP contribution in [0.15, 0.2) is 54.6 Å². The van der Waals surface area contributed by atoms with Crippen LogP contribution in [0.4, 0.5) is 14.5 Å². The fourth-order valence-corrected chi connectivity index (χ4v) is 6.04. The number of nitrogens with one attached hydrogen (secondary N) is 2. The minimum atomic E-state index is -1.78. The number of carbonyl (C=O) groups is 2. The molecule has 4 atom stereocenters. The molecule has 4 rings (SSSR count). The monoisotopic (exact) mass is 749 g/mol. The zero-order chi connectivity index (χ0) is 31.0. The smallest absolute Gasteiger partial charge is 1.00 e. The van der Waals surface area contributed by atoms with Crippen LogP contribution in [0.1, 0.15) is 56.0 Å². The van der Waals surface area contributed by atoms with Crippen molar-refractivity contribution in [1.82, 2.24) is 5.32 Å². The minimum absolute atomic E-state index is 0. The van der Waals surface area contributed by atoms with Crippen molar-refractivity contribution in [2.75, 3.05) is 12.4 Å². The molecule has 1 aliphatic rings. The minimum Gasteiger partial charge on any atom is -1.00 e. The Balaban J connectivity index is 0.00000337. The van der Waals surface area contributed by atoms with Crippen molar-refractivity contribution >= 4 is 40.8 Å². The van der Waals surface area contributed by atoms with Gasteiger partial charge in [0.05, 0.1) is 35.5 Å². The topological polar surface area (TPSA) is 111 Å². The number of anilines is 1. The van der Waals surface area contributed by atoms with E-state index in [1.165, 1.54) is 55.6 Å². The maximum Gasteiger partial charge on any atom is 1.00 e. The van der Waals surface area contributed by atoms with Crippen molar-refractivity contribution in [1.29, 1.82) is 5.26 Å². The summed E-state index contributed by atoms with van der Waals surface area (Å²) in [5, 5.41) is 26.1. The molecule has 1 fully saturated rings. The van der Waals surface area contributed by atoms with E-state index < -0.39 is 52.3 Å². The summed E-state index contributed by atoms with van der Waals surface area (Å²) in [6.45, 7) is 5.81. The zero-order valence-corrected chi connectivity index (χ0v) is 32.1. The van der Waals surface area contributed by atoms with E-state index in [-0.39, 0.29) is 108 Å². The fraction of sp³-hybridized carbons (Fsp3) is 0.323. The molecule has 1 amide bonds. The summed E-state index contributed by atoms with van der Waals surface area (Å²) in [5.41, 5.74) is -2.18. The molecule has 43 heavy (non-hydrogen) atoms. The number of halogens is 4. The number of rotatable bonds is 7. The summed E-state index contributed by atoms with van der Waals surface area (Å²) in [6, 6.07) is 12.3. The summed E-state index contributed by atoms with van der Waals surface area (Å²) in [4.78, 5) is 25.5. The molecule has 0 aliphatic carbocycles. The van der Waals surface area contributed by atoms with Gasteiger partial charge < -0.3 is 21.9 Å². The number of nitriles is 1. The van der Waals surface area contributed by atoms with Crippen LogP contribution in [0, 0.1) is 28.4 Å². The Labute approximate surface area is 319 Å². The van der Waals surface area contributed by atoms with Crippen LogP contribution in [-0.2, 0) is 10.2 Å². The van der Waals surface area contributed by atoms with E-state index in [9.17, 15) is 20.0 Å². The summed E-state index contributed by atoms with van der Waals surface area (Å²) >= 11 is 12.2. The molecule has 222 valence electrons. The Kier molecular flexibility index (Phi) is 11.8. The second kappa shape index (κ2) is 14.2. The Bertz CT molecular complexity index is 1600. The summed E-state index contributed by atoms with van der Waals surface area (Å²) in [7, 11) is 1.32. The van der Waals surface area contributed by atoms with Gasteiger partial charge in [-0.1, -0.05) is 62.2 Å². The van der Waals surface area contributed by atoms with Gasteiger partial charge in [-0.05, 0) is 53.8 Å². The van der Waals surface area contributed by atoms with E-state index in [1.54, 1.807) is 0 Å². The maximum absolute atomic E-state index is 15.8. The van der Waals surface area contributed by atoms with Gasteiger partial charge in [0.25, 0.3) is 0 Å². The normalized spacial score (nSPS) is 21.4. The first-order chi connectivity index (χ1) is 19.7. The molecule has 3 aromatic rings. The van der Waals surface area contributed by atoms with Crippen LogP contribution < -0.4 is 84.3 Å². The molecule has 7 nitrogen and oxygen atoms in total. The predicted octanol–water partition coefficient (Wildman–Crippen LogP) is 4.06. The third kappa shape index (κ3) is 7.27. The number of hydrogen-bond acceptors (Lipinski definition) is 5. The molecule has 0 spiro atoms. The van der Waals surface area contributed by atoms with Crippen LogP contribution in [-0.4, -0.2) is 36.2 Å². The maximum atomic E-state index is 15.8. The van der Waals surface area contributed by atoms with Gasteiger partial charge in [-0.25, -0.2) is 13.6 Å². The summed E-state index contributed by atoms with van der Waals surface area (Å²) in [5.74, 6) is -4.65. The van der Waals surface area contributed by atoms with E-state index in [0.717, 1.165) is 6.07 Å². The van der Waals surface area contributed by atoms with Gasteiger partial charge in [0.15, 0.2) is 0 Å². The van der Waals surface area contributed by atoms with Gasteiger partial charge >= 0.3 is 74.9 Å². The third-order valence-electron chi connectivity index (χ3n) is 7.44. The molecule has 0 aromatic heterocycles. The molecule has 0 radical (unpaired) electrons. The molecule has 1 aliphatic heterocycles. The average molecular weight is 750 g/mol. The second-order valence-electron chi connectivity index (χ2n) is 11.4. The quantitative estimate of drug-likeness (QED) is 0.337. The average Bonchev–Trinajstić information content (AvgIpc) is 3.23. The number of amides is 1. The standard InChI is InChI=1S/C31H29Cl2F2N3O4.Cs.H/c1-30(2,3)14-24-31(15-36,19-10-9-17(32)13-21(19)34)25(18-6-5-7-20(33)26(18)35)27(38-24)28(39)37-22-11-8-16(29(40)41)12-23(22)42-4;;/h5-13,24-25,27,38H,14H2,1-4H3,(H,37,39)(H,40,41);;/q;+1;-1/t24-,25-,27+,31-;;/m0../s1. The number of hydrogen-bond donors (Lipinski definition) is 3. The first-order valence-electron chi connectivity index (χ1n) is 13.0. The van der Waals surface area contributed by atoms with Crippen LogP contribution in [0.2, 0.25) is 10.0 Å². The van der Waals surface area contributed by atoms with Gasteiger partial charge in [-0.2, -0.15) is 5.26 Å². The van der Waals surface area contributed by atoms with Gasteiger partial charge in [-0.15, -0.1) is 0 Å². The predicted molar refractivity (Wildman–Crippen MR) is 157 cm³/mol. The number of ether oxygens (including phenoxy) is 1. The van der Waals surface area contributed by atoms with Crippen molar-refractivity contribution in [2.45, 2.75) is 50.6 Å². The number of carbonyl (C=O) groups excluding carboxylic acids is 1. The number of nitrogens with zero attached hydrogens (tertiary/aromatic N) is 1. The van der Waals surface area contributed by atoms with E-state index in [0.29, 0.717) is 6.42 Å². The van der Waals surface area contributed by atoms with Crippen molar-refractivity contribution in [2.24, 2.45) is 5.41 Å². The number of methoxy groups -OCH3 is 1. The van der Waals surface area contributed by atoms with Crippen LogP contribution >= 0.6 is 23.2 Å². The van der Waals surface area contributed by atoms with Crippen molar-refractivity contribution in [3.8, 4) is 11.8 Å². The molecule has 3 N–H and O–H groups in total. The molecule has 0 saturated carbocycles. The first kappa shape index (κ1) is 35.8. The van der Waals surface area contributed by atoms with E-state index in [2.05, 4.69) is 16.7 Å². The molecule has 3 aromatic carbocycles. The number of benzene rings is 3. The third-order valence-corrected chi connectivity index (χ3v) is 7.96. The molecular weight excluding hydrogens is 720 g/mol. The van der Waals surface area contributed by atoms with E-state index in [1.807, 2.05) is 20.8 Å². The molecular formula is C31H30Cl2CsF2N3O4. The SMILES string of the molecule is COc1cc(C(=O)O)ccc1NC(=O)[C@@H]1N[C@@H](CC(C)(C)C)[C@](C#N)(c2ccc(Cl)cc2F)[C@H]1c1cccc(Cl)c1F.[Cs+].[H-]. The van der Waals surface area contributed by atoms with Crippen molar-refractivity contribution in [3.63, 3.8) is 0 Å². The molecule has 1 heterocycles. The number of aromatic carboxylic acids is 1. The fourth-order valence-electron chi connectivity index (χ4n) is 5.69. The molecule has 0 bridgehead atoms. The second-order valence-corrected chi connectivity index (χ2v) is 12.2. The van der Waals surface area contributed by atoms with Crippen molar-refractivity contribution in [3.05, 3.63) is 93.0 Å². The summed E-state index contributed by atoms with van der Waals surface area (Å²) < 4.78 is 36.8. The zero-order valence-electron chi connectivity index (χ0n) is 25.3. The number of carboxylic acids is 1. The molecule has 0 unspecified atom stereocenters. The van der Waals surface area contributed by atoms with Crippen LogP contribution in [0.5, 0.6) is 5.75 Å². The molecule has 12 heteroatoms.